The summed E-state index contributed by atoms with van der Waals surface area (Å²) in [6.45, 7) is 0. The lowest BCUT2D eigenvalue weighted by Crippen LogP contribution is -1.50. The molecule has 2 aromatic rings. The molecule has 0 aliphatic carbocycles. The summed E-state index contributed by atoms with van der Waals surface area (Å²) in [7, 11) is 0. The van der Waals surface area contributed by atoms with Gasteiger partial charge < -0.3 is 9.97 Å². The van der Waals surface area contributed by atoms with Gasteiger partial charge in [-0.05, 0) is 31.9 Å². The van der Waals surface area contributed by atoms with Crippen LogP contribution in [-0.2, 0) is 0 Å². The Morgan fingerprint density at radius 2 is 1.33 bits per heavy atom. The minimum absolute atomic E-state index is 0.919. The van der Waals surface area contributed by atoms with Crippen LogP contribution in [0.4, 0.5) is 0 Å². The van der Waals surface area contributed by atoms with E-state index in [1.54, 1.807) is 25.0 Å². The number of imidazole rings is 2. The predicted molar refractivity (Wildman–Crippen MR) is 52.6 cm³/mol. The van der Waals surface area contributed by atoms with Crippen LogP contribution in [0.25, 0.3) is 0 Å². The molecule has 0 aliphatic rings. The minimum atomic E-state index is 0.919. The van der Waals surface area contributed by atoms with Crippen molar-refractivity contribution in [2.45, 2.75) is 0 Å². The first kappa shape index (κ1) is 9.47. The second-order valence-electron chi connectivity index (χ2n) is 1.80. The maximum Gasteiger partial charge on any atom is 0.102 e. The average molecular weight is 294 g/mol. The van der Waals surface area contributed by atoms with Crippen molar-refractivity contribution in [3.63, 3.8) is 0 Å². The molecular weight excluding hydrogens is 288 g/mol. The molecule has 2 heterocycles. The van der Waals surface area contributed by atoms with Gasteiger partial charge in [0.25, 0.3) is 0 Å². The van der Waals surface area contributed by atoms with Crippen LogP contribution in [0.2, 0.25) is 0 Å². The summed E-state index contributed by atoms with van der Waals surface area (Å²) in [5.41, 5.74) is 0. The molecule has 0 bridgehead atoms. The van der Waals surface area contributed by atoms with Crippen molar-refractivity contribution in [3.8, 4) is 0 Å². The Balaban J connectivity index is 0.000000120. The summed E-state index contributed by atoms with van der Waals surface area (Å²) < 4.78 is 1.84. The summed E-state index contributed by atoms with van der Waals surface area (Å²) >= 11 is 6.33. The fourth-order valence-corrected chi connectivity index (χ4v) is 0.919. The van der Waals surface area contributed by atoms with E-state index < -0.39 is 0 Å². The summed E-state index contributed by atoms with van der Waals surface area (Å²) in [5.74, 6) is 0. The number of hydrogen-bond acceptors (Lipinski definition) is 2. The molecule has 6 heteroatoms. The van der Waals surface area contributed by atoms with Crippen molar-refractivity contribution in [2.24, 2.45) is 0 Å². The van der Waals surface area contributed by atoms with Gasteiger partial charge in [0.15, 0.2) is 0 Å². The van der Waals surface area contributed by atoms with E-state index in [-0.39, 0.29) is 0 Å². The molecule has 0 spiro atoms. The van der Waals surface area contributed by atoms with Crippen LogP contribution >= 0.6 is 31.9 Å². The van der Waals surface area contributed by atoms with Gasteiger partial charge in [-0.3, -0.25) is 0 Å². The molecule has 0 atom stereocenters. The van der Waals surface area contributed by atoms with Gasteiger partial charge in [0.1, 0.15) is 9.21 Å². The third-order valence-electron chi connectivity index (χ3n) is 0.930. The van der Waals surface area contributed by atoms with Crippen LogP contribution in [0.3, 0.4) is 0 Å². The first-order valence-electron chi connectivity index (χ1n) is 3.07. The van der Waals surface area contributed by atoms with Gasteiger partial charge in [0.2, 0.25) is 0 Å². The number of aromatic nitrogens is 4. The Labute approximate surface area is 86.1 Å². The number of nitrogens with zero attached hydrogens (tertiary/aromatic N) is 2. The van der Waals surface area contributed by atoms with Crippen LogP contribution in [0.1, 0.15) is 0 Å². The molecule has 64 valence electrons. The summed E-state index contributed by atoms with van der Waals surface area (Å²) in [6.07, 6.45) is 6.62. The van der Waals surface area contributed by atoms with Gasteiger partial charge in [-0.25, -0.2) is 9.97 Å². The lowest BCUT2D eigenvalue weighted by atomic mass is 11.0. The highest BCUT2D eigenvalue weighted by Gasteiger charge is 1.76. The van der Waals surface area contributed by atoms with Gasteiger partial charge in [-0.15, -0.1) is 0 Å². The molecule has 0 amide bonds. The first-order valence-corrected chi connectivity index (χ1v) is 4.65. The third-order valence-corrected chi connectivity index (χ3v) is 1.80. The molecular formula is C6H6Br2N4. The number of H-pyrrole nitrogens is 2. The van der Waals surface area contributed by atoms with Crippen molar-refractivity contribution >= 4 is 31.9 Å². The van der Waals surface area contributed by atoms with Crippen LogP contribution in [0.15, 0.2) is 34.3 Å². The monoisotopic (exact) mass is 292 g/mol. The Hall–Kier alpha value is -0.620. The Bertz CT molecular complexity index is 257. The van der Waals surface area contributed by atoms with E-state index >= 15 is 0 Å². The number of rotatable bonds is 0. The third kappa shape index (κ3) is 3.68. The molecule has 0 radical (unpaired) electrons. The van der Waals surface area contributed by atoms with Crippen LogP contribution < -0.4 is 0 Å². The normalized spacial score (nSPS) is 8.83. The van der Waals surface area contributed by atoms with E-state index in [9.17, 15) is 0 Å². The highest BCUT2D eigenvalue weighted by atomic mass is 79.9. The van der Waals surface area contributed by atoms with Gasteiger partial charge >= 0.3 is 0 Å². The molecule has 0 fully saturated rings. The van der Waals surface area contributed by atoms with Gasteiger partial charge in [-0.1, -0.05) is 0 Å². The smallest absolute Gasteiger partial charge is 0.102 e. The molecule has 0 aliphatic heterocycles. The van der Waals surface area contributed by atoms with E-state index in [4.69, 9.17) is 0 Å². The zero-order chi connectivity index (χ0) is 8.81. The van der Waals surface area contributed by atoms with Crippen molar-refractivity contribution in [2.75, 3.05) is 0 Å². The maximum absolute atomic E-state index is 3.72. The van der Waals surface area contributed by atoms with Crippen LogP contribution in [-0.4, -0.2) is 19.9 Å². The quantitative estimate of drug-likeness (QED) is 0.783. The van der Waals surface area contributed by atoms with E-state index in [1.165, 1.54) is 0 Å². The van der Waals surface area contributed by atoms with Crippen molar-refractivity contribution in [3.05, 3.63) is 34.3 Å². The van der Waals surface area contributed by atoms with E-state index in [0.29, 0.717) is 0 Å². The molecule has 0 unspecified atom stereocenters. The molecule has 2 rings (SSSR count). The van der Waals surface area contributed by atoms with Crippen LogP contribution in [0, 0.1) is 0 Å². The summed E-state index contributed by atoms with van der Waals surface area (Å²) in [4.78, 5) is 13.0. The second kappa shape index (κ2) is 5.10. The van der Waals surface area contributed by atoms with Gasteiger partial charge in [0, 0.05) is 0 Å². The fraction of sp³-hybridized carbons (Fsp3) is 0. The van der Waals surface area contributed by atoms with Crippen molar-refractivity contribution in [1.29, 1.82) is 0 Å². The highest BCUT2D eigenvalue weighted by Crippen LogP contribution is 1.98. The number of aromatic amines is 2. The zero-order valence-electron chi connectivity index (χ0n) is 5.96. The molecule has 2 N–H and O–H groups in total. The maximum atomic E-state index is 3.72. The lowest BCUT2D eigenvalue weighted by Gasteiger charge is -1.64. The Morgan fingerprint density at radius 3 is 1.42 bits per heavy atom. The number of hydrogen-bond donors (Lipinski definition) is 2. The topological polar surface area (TPSA) is 57.4 Å². The SMILES string of the molecule is Brc1cnc[nH]1.Brc1cnc[nH]1. The summed E-state index contributed by atoms with van der Waals surface area (Å²) in [5, 5.41) is 0. The summed E-state index contributed by atoms with van der Waals surface area (Å²) in [6, 6.07) is 0. The minimum Gasteiger partial charge on any atom is -0.339 e. The van der Waals surface area contributed by atoms with E-state index in [0.717, 1.165) is 9.21 Å². The molecule has 12 heavy (non-hydrogen) atoms. The predicted octanol–water partition coefficient (Wildman–Crippen LogP) is 2.34. The zero-order valence-corrected chi connectivity index (χ0v) is 9.13. The number of nitrogens with one attached hydrogen (secondary N) is 2. The standard InChI is InChI=1S/2C3H3BrN2/c2*4-3-1-5-2-6-3/h2*1-2H,(H,5,6). The highest BCUT2D eigenvalue weighted by molar-refractivity contribution is 9.10. The molecule has 0 saturated carbocycles. The Morgan fingerprint density at radius 1 is 0.917 bits per heavy atom. The molecule has 4 nitrogen and oxygen atoms in total. The Kier molecular flexibility index (Phi) is 4.02. The second-order valence-corrected chi connectivity index (χ2v) is 3.51. The van der Waals surface area contributed by atoms with Gasteiger partial charge in [0.05, 0.1) is 25.0 Å². The van der Waals surface area contributed by atoms with Crippen molar-refractivity contribution < 1.29 is 0 Å². The fourth-order valence-electron chi connectivity index (χ4n) is 0.478. The first-order chi connectivity index (χ1) is 5.79. The molecule has 2 aromatic heterocycles. The lowest BCUT2D eigenvalue weighted by molar-refractivity contribution is 1.30. The molecule has 0 saturated heterocycles. The van der Waals surface area contributed by atoms with Crippen molar-refractivity contribution in [1.82, 2.24) is 19.9 Å². The average Bonchev–Trinajstić information content (AvgIpc) is 2.63. The van der Waals surface area contributed by atoms with Gasteiger partial charge in [-0.2, -0.15) is 0 Å². The van der Waals surface area contributed by atoms with Crippen LogP contribution in [0.5, 0.6) is 0 Å². The number of halogens is 2. The van der Waals surface area contributed by atoms with E-state index in [2.05, 4.69) is 51.8 Å². The molecule has 0 aromatic carbocycles. The van der Waals surface area contributed by atoms with E-state index in [1.807, 2.05) is 0 Å². The largest absolute Gasteiger partial charge is 0.339 e.